The van der Waals surface area contributed by atoms with Gasteiger partial charge >= 0.3 is 0 Å². The lowest BCUT2D eigenvalue weighted by atomic mass is 10.1. The molecule has 0 spiro atoms. The second kappa shape index (κ2) is 6.57. The number of carbonyl (C=O) groups excluding carboxylic acids is 1. The average molecular weight is 367 g/mol. The van der Waals surface area contributed by atoms with E-state index >= 15 is 0 Å². The normalized spacial score (nSPS) is 14.1. The Morgan fingerprint density at radius 1 is 1.26 bits per heavy atom. The fourth-order valence-electron chi connectivity index (χ4n) is 3.62. The Balaban J connectivity index is 1.64. The number of rotatable bonds is 2. The van der Waals surface area contributed by atoms with E-state index < -0.39 is 0 Å². The number of H-pyrrole nitrogens is 1. The zero-order valence-corrected chi connectivity index (χ0v) is 15.6. The molecule has 1 N–H and O–H groups in total. The van der Waals surface area contributed by atoms with Gasteiger partial charge in [-0.3, -0.25) is 9.59 Å². The summed E-state index contributed by atoms with van der Waals surface area (Å²) in [6.45, 7) is 4.61. The molecule has 0 aliphatic carbocycles. The molecule has 0 bridgehead atoms. The predicted molar refractivity (Wildman–Crippen MR) is 100 cm³/mol. The standard InChI is InChI=1S/C20H21N3O4/c1-11-14-5-4-13(26-3)10-17(14)27-18(11)20(25)23-8-6-15-16(7-9-23)21-12(2)22-19(15)24/h4-5,10H,6-9H2,1-3H3,(H,21,22,24). The van der Waals surface area contributed by atoms with Crippen molar-refractivity contribution in [1.29, 1.82) is 0 Å². The Hall–Kier alpha value is -3.09. The molecule has 7 heteroatoms. The van der Waals surface area contributed by atoms with Crippen LogP contribution in [0.2, 0.25) is 0 Å². The van der Waals surface area contributed by atoms with Gasteiger partial charge in [-0.15, -0.1) is 0 Å². The average Bonchev–Trinajstić information content (AvgIpc) is 2.83. The number of hydrogen-bond acceptors (Lipinski definition) is 5. The highest BCUT2D eigenvalue weighted by molar-refractivity contribution is 5.99. The molecule has 0 atom stereocenters. The van der Waals surface area contributed by atoms with Crippen LogP contribution in [-0.2, 0) is 12.8 Å². The van der Waals surface area contributed by atoms with Crippen molar-refractivity contribution in [2.75, 3.05) is 20.2 Å². The zero-order chi connectivity index (χ0) is 19.1. The molecule has 0 radical (unpaired) electrons. The molecule has 3 aromatic rings. The van der Waals surface area contributed by atoms with Crippen LogP contribution in [0.5, 0.6) is 5.75 Å². The van der Waals surface area contributed by atoms with Crippen LogP contribution in [0.15, 0.2) is 27.4 Å². The number of amides is 1. The van der Waals surface area contributed by atoms with Crippen LogP contribution >= 0.6 is 0 Å². The second-order valence-electron chi connectivity index (χ2n) is 6.79. The smallest absolute Gasteiger partial charge is 0.289 e. The number of benzene rings is 1. The third kappa shape index (κ3) is 2.99. The molecule has 0 fully saturated rings. The minimum Gasteiger partial charge on any atom is -0.497 e. The molecule has 1 aromatic carbocycles. The Labute approximate surface area is 156 Å². The van der Waals surface area contributed by atoms with E-state index in [2.05, 4.69) is 9.97 Å². The van der Waals surface area contributed by atoms with Crippen molar-refractivity contribution in [3.63, 3.8) is 0 Å². The van der Waals surface area contributed by atoms with Gasteiger partial charge in [-0.1, -0.05) is 0 Å². The molecular formula is C20H21N3O4. The number of aromatic nitrogens is 2. The van der Waals surface area contributed by atoms with Gasteiger partial charge in [-0.05, 0) is 32.4 Å². The fourth-order valence-corrected chi connectivity index (χ4v) is 3.62. The van der Waals surface area contributed by atoms with Gasteiger partial charge in [0, 0.05) is 42.1 Å². The Kier molecular flexibility index (Phi) is 4.22. The first-order valence-electron chi connectivity index (χ1n) is 8.93. The van der Waals surface area contributed by atoms with Crippen LogP contribution in [0.3, 0.4) is 0 Å². The van der Waals surface area contributed by atoms with Gasteiger partial charge in [-0.2, -0.15) is 0 Å². The monoisotopic (exact) mass is 367 g/mol. The van der Waals surface area contributed by atoms with E-state index in [-0.39, 0.29) is 11.5 Å². The largest absolute Gasteiger partial charge is 0.497 e. The Morgan fingerprint density at radius 2 is 2.04 bits per heavy atom. The Morgan fingerprint density at radius 3 is 2.81 bits per heavy atom. The van der Waals surface area contributed by atoms with Crippen molar-refractivity contribution in [2.24, 2.45) is 0 Å². The summed E-state index contributed by atoms with van der Waals surface area (Å²) in [6, 6.07) is 5.53. The van der Waals surface area contributed by atoms with Crippen LogP contribution in [-0.4, -0.2) is 41.0 Å². The number of nitrogens with one attached hydrogen (secondary N) is 1. The Bertz CT molecular complexity index is 1100. The molecule has 0 saturated heterocycles. The summed E-state index contributed by atoms with van der Waals surface area (Å²) in [4.78, 5) is 34.2. The summed E-state index contributed by atoms with van der Waals surface area (Å²) < 4.78 is 11.1. The van der Waals surface area contributed by atoms with E-state index in [4.69, 9.17) is 9.15 Å². The van der Waals surface area contributed by atoms with Crippen LogP contribution < -0.4 is 10.3 Å². The van der Waals surface area contributed by atoms with Crippen molar-refractivity contribution >= 4 is 16.9 Å². The number of hydrogen-bond donors (Lipinski definition) is 1. The van der Waals surface area contributed by atoms with Gasteiger partial charge in [0.05, 0.1) is 12.8 Å². The van der Waals surface area contributed by atoms with Gasteiger partial charge in [0.15, 0.2) is 5.76 Å². The van der Waals surface area contributed by atoms with Crippen LogP contribution in [0.4, 0.5) is 0 Å². The number of ether oxygens (including phenoxy) is 1. The van der Waals surface area contributed by atoms with Crippen molar-refractivity contribution in [3.8, 4) is 5.75 Å². The summed E-state index contributed by atoms with van der Waals surface area (Å²) in [5.74, 6) is 1.45. The third-order valence-electron chi connectivity index (χ3n) is 5.10. The summed E-state index contributed by atoms with van der Waals surface area (Å²) in [5.41, 5.74) is 2.77. The molecule has 0 unspecified atom stereocenters. The van der Waals surface area contributed by atoms with Crippen LogP contribution in [0.25, 0.3) is 11.0 Å². The lowest BCUT2D eigenvalue weighted by molar-refractivity contribution is 0.0732. The van der Waals surface area contributed by atoms with Crippen molar-refractivity contribution in [1.82, 2.24) is 14.9 Å². The molecule has 7 nitrogen and oxygen atoms in total. The molecule has 0 saturated carbocycles. The molecule has 27 heavy (non-hydrogen) atoms. The number of methoxy groups -OCH3 is 1. The lowest BCUT2D eigenvalue weighted by Gasteiger charge is -2.19. The van der Waals surface area contributed by atoms with Crippen molar-refractivity contribution in [3.05, 3.63) is 57.0 Å². The molecule has 1 aliphatic rings. The quantitative estimate of drug-likeness (QED) is 0.751. The number of nitrogens with zero attached hydrogens (tertiary/aromatic N) is 2. The third-order valence-corrected chi connectivity index (χ3v) is 5.10. The van der Waals surface area contributed by atoms with Crippen LogP contribution in [0.1, 0.15) is 33.2 Å². The molecule has 140 valence electrons. The number of aromatic amines is 1. The van der Waals surface area contributed by atoms with E-state index in [1.807, 2.05) is 19.1 Å². The van der Waals surface area contributed by atoms with Crippen molar-refractivity contribution < 1.29 is 13.9 Å². The summed E-state index contributed by atoms with van der Waals surface area (Å²) in [5, 5.41) is 0.894. The van der Waals surface area contributed by atoms with E-state index in [1.54, 1.807) is 25.0 Å². The zero-order valence-electron chi connectivity index (χ0n) is 15.6. The summed E-state index contributed by atoms with van der Waals surface area (Å²) in [7, 11) is 1.59. The van der Waals surface area contributed by atoms with E-state index in [9.17, 15) is 9.59 Å². The number of furan rings is 1. The maximum Gasteiger partial charge on any atom is 0.289 e. The highest BCUT2D eigenvalue weighted by Gasteiger charge is 2.26. The first-order chi connectivity index (χ1) is 13.0. The van der Waals surface area contributed by atoms with Gasteiger partial charge in [0.1, 0.15) is 17.2 Å². The molecule has 2 aromatic heterocycles. The topological polar surface area (TPSA) is 88.4 Å². The number of fused-ring (bicyclic) bond motifs is 2. The first kappa shape index (κ1) is 17.3. The van der Waals surface area contributed by atoms with Crippen molar-refractivity contribution in [2.45, 2.75) is 26.7 Å². The maximum absolute atomic E-state index is 13.1. The molecule has 3 heterocycles. The van der Waals surface area contributed by atoms with Gasteiger partial charge in [0.2, 0.25) is 0 Å². The SMILES string of the molecule is COc1ccc2c(C)c(C(=O)N3CCc4nc(C)[nH]c(=O)c4CC3)oc2c1. The lowest BCUT2D eigenvalue weighted by Crippen LogP contribution is -2.33. The first-order valence-corrected chi connectivity index (χ1v) is 8.93. The van der Waals surface area contributed by atoms with E-state index in [1.165, 1.54) is 0 Å². The highest BCUT2D eigenvalue weighted by Crippen LogP contribution is 2.29. The maximum atomic E-state index is 13.1. The minimum absolute atomic E-state index is 0.112. The molecule has 4 rings (SSSR count). The van der Waals surface area contributed by atoms with Gasteiger partial charge < -0.3 is 19.0 Å². The van der Waals surface area contributed by atoms with Gasteiger partial charge in [-0.25, -0.2) is 4.98 Å². The molecule has 1 amide bonds. The van der Waals surface area contributed by atoms with Gasteiger partial charge in [0.25, 0.3) is 11.5 Å². The fraction of sp³-hybridized carbons (Fsp3) is 0.350. The predicted octanol–water partition coefficient (Wildman–Crippen LogP) is 2.38. The number of aryl methyl sites for hydroxylation is 2. The molecule has 1 aliphatic heterocycles. The summed E-state index contributed by atoms with van der Waals surface area (Å²) in [6.07, 6.45) is 1.04. The molecular weight excluding hydrogens is 346 g/mol. The second-order valence-corrected chi connectivity index (χ2v) is 6.79. The number of carbonyl (C=O) groups is 1. The summed E-state index contributed by atoms with van der Waals surface area (Å²) >= 11 is 0. The highest BCUT2D eigenvalue weighted by atomic mass is 16.5. The van der Waals surface area contributed by atoms with E-state index in [0.717, 1.165) is 16.6 Å². The van der Waals surface area contributed by atoms with E-state index in [0.29, 0.717) is 54.4 Å². The minimum atomic E-state index is -0.163. The van der Waals surface area contributed by atoms with Crippen LogP contribution in [0, 0.1) is 13.8 Å².